The molecule has 2 heterocycles. The molecule has 2 aromatic heterocycles. The van der Waals surface area contributed by atoms with Crippen LogP contribution in [0.4, 0.5) is 5.82 Å². The highest BCUT2D eigenvalue weighted by molar-refractivity contribution is 7.12. The summed E-state index contributed by atoms with van der Waals surface area (Å²) in [6.07, 6.45) is 0. The summed E-state index contributed by atoms with van der Waals surface area (Å²) < 4.78 is 7.54. The van der Waals surface area contributed by atoms with E-state index in [1.54, 1.807) is 12.1 Å². The molecule has 130 valence electrons. The highest BCUT2D eigenvalue weighted by Crippen LogP contribution is 2.20. The molecule has 1 aromatic carbocycles. The van der Waals surface area contributed by atoms with E-state index in [4.69, 9.17) is 16.3 Å². The molecule has 0 radical (unpaired) electrons. The Kier molecular flexibility index (Phi) is 5.40. The first-order valence-electron chi connectivity index (χ1n) is 7.86. The van der Waals surface area contributed by atoms with Crippen LogP contribution in [0.5, 0.6) is 5.75 Å². The smallest absolute Gasteiger partial charge is 0.266 e. The van der Waals surface area contributed by atoms with Gasteiger partial charge in [0.15, 0.2) is 5.82 Å². The first-order chi connectivity index (χ1) is 12.0. The Labute approximate surface area is 155 Å². The number of hydrogen-bond donors (Lipinski definition) is 1. The van der Waals surface area contributed by atoms with Crippen LogP contribution < -0.4 is 10.1 Å². The Morgan fingerprint density at radius 2 is 2.08 bits per heavy atom. The molecule has 0 unspecified atom stereocenters. The standard InChI is InChI=1S/C18H18ClN3O2S/c1-3-22-12(2)8-17(21-22)20-18(23)16-9-13(11-25-16)10-24-15-6-4-14(19)5-7-15/h4-9,11H,3,10H2,1-2H3,(H,20,21,23). The van der Waals surface area contributed by atoms with Crippen LogP contribution in [0.15, 0.2) is 41.8 Å². The molecular formula is C18H18ClN3O2S. The summed E-state index contributed by atoms with van der Waals surface area (Å²) in [5, 5.41) is 9.76. The molecule has 25 heavy (non-hydrogen) atoms. The Balaban J connectivity index is 1.60. The predicted octanol–water partition coefficient (Wildman–Crippen LogP) is 4.76. The van der Waals surface area contributed by atoms with Crippen molar-refractivity contribution in [2.24, 2.45) is 0 Å². The molecule has 0 aliphatic heterocycles. The van der Waals surface area contributed by atoms with E-state index < -0.39 is 0 Å². The molecule has 0 saturated heterocycles. The maximum Gasteiger partial charge on any atom is 0.266 e. The van der Waals surface area contributed by atoms with Crippen LogP contribution in [0.2, 0.25) is 5.02 Å². The Hall–Kier alpha value is -2.31. The number of aromatic nitrogens is 2. The topological polar surface area (TPSA) is 56.2 Å². The summed E-state index contributed by atoms with van der Waals surface area (Å²) >= 11 is 7.23. The molecule has 0 fully saturated rings. The third-order valence-electron chi connectivity index (χ3n) is 3.62. The van der Waals surface area contributed by atoms with Crippen LogP contribution in [0.3, 0.4) is 0 Å². The molecule has 0 aliphatic rings. The summed E-state index contributed by atoms with van der Waals surface area (Å²) in [4.78, 5) is 13.0. The number of nitrogens with zero attached hydrogens (tertiary/aromatic N) is 2. The van der Waals surface area contributed by atoms with Crippen molar-refractivity contribution in [3.8, 4) is 5.75 Å². The van der Waals surface area contributed by atoms with Crippen molar-refractivity contribution in [1.82, 2.24) is 9.78 Å². The minimum atomic E-state index is -0.163. The van der Waals surface area contributed by atoms with Gasteiger partial charge in [0.2, 0.25) is 0 Å². The summed E-state index contributed by atoms with van der Waals surface area (Å²) in [5.74, 6) is 1.14. The summed E-state index contributed by atoms with van der Waals surface area (Å²) in [7, 11) is 0. The molecule has 0 atom stereocenters. The largest absolute Gasteiger partial charge is 0.489 e. The maximum atomic E-state index is 12.3. The first kappa shape index (κ1) is 17.5. The Morgan fingerprint density at radius 1 is 1.32 bits per heavy atom. The molecule has 3 aromatic rings. The molecule has 0 spiro atoms. The zero-order valence-electron chi connectivity index (χ0n) is 14.0. The summed E-state index contributed by atoms with van der Waals surface area (Å²) in [6, 6.07) is 10.9. The quantitative estimate of drug-likeness (QED) is 0.675. The lowest BCUT2D eigenvalue weighted by atomic mass is 10.3. The van der Waals surface area contributed by atoms with E-state index in [0.29, 0.717) is 22.3 Å². The summed E-state index contributed by atoms with van der Waals surface area (Å²) in [5.41, 5.74) is 1.96. The fourth-order valence-corrected chi connectivity index (χ4v) is 3.26. The minimum Gasteiger partial charge on any atom is -0.489 e. The second kappa shape index (κ2) is 7.72. The number of halogens is 1. The van der Waals surface area contributed by atoms with Gasteiger partial charge < -0.3 is 10.1 Å². The molecule has 5 nitrogen and oxygen atoms in total. The monoisotopic (exact) mass is 375 g/mol. The highest BCUT2D eigenvalue weighted by atomic mass is 35.5. The van der Waals surface area contributed by atoms with Crippen molar-refractivity contribution in [1.29, 1.82) is 0 Å². The lowest BCUT2D eigenvalue weighted by molar-refractivity contribution is 0.103. The van der Waals surface area contributed by atoms with Gasteiger partial charge in [-0.3, -0.25) is 9.48 Å². The van der Waals surface area contributed by atoms with E-state index in [1.807, 2.05) is 48.2 Å². The van der Waals surface area contributed by atoms with Crippen molar-refractivity contribution in [2.75, 3.05) is 5.32 Å². The number of carbonyl (C=O) groups is 1. The third-order valence-corrected chi connectivity index (χ3v) is 4.85. The maximum absolute atomic E-state index is 12.3. The SMILES string of the molecule is CCn1nc(NC(=O)c2cc(COc3ccc(Cl)cc3)cs2)cc1C. The lowest BCUT2D eigenvalue weighted by Gasteiger charge is -2.04. The van der Waals surface area contributed by atoms with E-state index in [1.165, 1.54) is 11.3 Å². The van der Waals surface area contributed by atoms with E-state index in [0.717, 1.165) is 23.6 Å². The number of amides is 1. The molecular weight excluding hydrogens is 358 g/mol. The van der Waals surface area contributed by atoms with Gasteiger partial charge in [0, 0.05) is 28.9 Å². The van der Waals surface area contributed by atoms with Gasteiger partial charge in [-0.15, -0.1) is 11.3 Å². The average molecular weight is 376 g/mol. The predicted molar refractivity (Wildman–Crippen MR) is 101 cm³/mol. The number of ether oxygens (including phenoxy) is 1. The van der Waals surface area contributed by atoms with Gasteiger partial charge in [0.05, 0.1) is 4.88 Å². The molecule has 1 amide bonds. The summed E-state index contributed by atoms with van der Waals surface area (Å²) in [6.45, 7) is 5.14. The number of anilines is 1. The van der Waals surface area contributed by atoms with Gasteiger partial charge in [0.1, 0.15) is 12.4 Å². The van der Waals surface area contributed by atoms with Gasteiger partial charge >= 0.3 is 0 Å². The van der Waals surface area contributed by atoms with E-state index >= 15 is 0 Å². The van der Waals surface area contributed by atoms with Gasteiger partial charge in [-0.25, -0.2) is 0 Å². The average Bonchev–Trinajstić information content (AvgIpc) is 3.21. The molecule has 0 saturated carbocycles. The number of benzene rings is 1. The van der Waals surface area contributed by atoms with Crippen LogP contribution >= 0.6 is 22.9 Å². The van der Waals surface area contributed by atoms with E-state index in [-0.39, 0.29) is 5.91 Å². The second-order valence-corrected chi connectivity index (χ2v) is 6.85. The Bertz CT molecular complexity index is 871. The fraction of sp³-hybridized carbons (Fsp3) is 0.222. The number of thiophene rings is 1. The number of nitrogens with one attached hydrogen (secondary N) is 1. The molecule has 0 aliphatic carbocycles. The van der Waals surface area contributed by atoms with E-state index in [9.17, 15) is 4.79 Å². The highest BCUT2D eigenvalue weighted by Gasteiger charge is 2.12. The van der Waals surface area contributed by atoms with Crippen LogP contribution in [-0.4, -0.2) is 15.7 Å². The van der Waals surface area contributed by atoms with Crippen LogP contribution in [0, 0.1) is 6.92 Å². The van der Waals surface area contributed by atoms with E-state index in [2.05, 4.69) is 10.4 Å². The third kappa shape index (κ3) is 4.41. The van der Waals surface area contributed by atoms with Crippen molar-refractivity contribution in [3.63, 3.8) is 0 Å². The molecule has 1 N–H and O–H groups in total. The van der Waals surface area contributed by atoms with Crippen molar-refractivity contribution < 1.29 is 9.53 Å². The zero-order valence-corrected chi connectivity index (χ0v) is 15.5. The van der Waals surface area contributed by atoms with Gasteiger partial charge in [-0.05, 0) is 49.6 Å². The molecule has 0 bridgehead atoms. The lowest BCUT2D eigenvalue weighted by Crippen LogP contribution is -2.11. The van der Waals surface area contributed by atoms with Crippen molar-refractivity contribution in [2.45, 2.75) is 27.0 Å². The fourth-order valence-electron chi connectivity index (χ4n) is 2.34. The van der Waals surface area contributed by atoms with Gasteiger partial charge in [-0.2, -0.15) is 5.10 Å². The van der Waals surface area contributed by atoms with Crippen LogP contribution in [-0.2, 0) is 13.2 Å². The van der Waals surface area contributed by atoms with Crippen molar-refractivity contribution >= 4 is 34.7 Å². The zero-order chi connectivity index (χ0) is 17.8. The first-order valence-corrected chi connectivity index (χ1v) is 9.12. The van der Waals surface area contributed by atoms with Gasteiger partial charge in [-0.1, -0.05) is 11.6 Å². The number of carbonyl (C=O) groups excluding carboxylic acids is 1. The number of aryl methyl sites for hydroxylation is 2. The Morgan fingerprint density at radius 3 is 2.76 bits per heavy atom. The van der Waals surface area contributed by atoms with Crippen molar-refractivity contribution in [3.05, 3.63) is 62.9 Å². The van der Waals surface area contributed by atoms with Crippen LogP contribution in [0.1, 0.15) is 27.9 Å². The van der Waals surface area contributed by atoms with Crippen LogP contribution in [0.25, 0.3) is 0 Å². The van der Waals surface area contributed by atoms with Gasteiger partial charge in [0.25, 0.3) is 5.91 Å². The number of hydrogen-bond acceptors (Lipinski definition) is 4. The second-order valence-electron chi connectivity index (χ2n) is 5.50. The normalized spacial score (nSPS) is 10.7. The number of rotatable bonds is 6. The minimum absolute atomic E-state index is 0.163. The molecule has 3 rings (SSSR count). The molecule has 7 heteroatoms.